The Balaban J connectivity index is 1.80. The molecule has 1 aromatic rings. The zero-order valence-corrected chi connectivity index (χ0v) is 12.0. The largest absolute Gasteiger partial charge is 0.481 e. The Labute approximate surface area is 130 Å². The summed E-state index contributed by atoms with van der Waals surface area (Å²) >= 11 is 0. The fourth-order valence-electron chi connectivity index (χ4n) is 3.50. The van der Waals surface area contributed by atoms with Crippen molar-refractivity contribution < 1.29 is 28.2 Å². The number of rotatable bonds is 5. The van der Waals surface area contributed by atoms with Gasteiger partial charge >= 0.3 is 12.6 Å². The molecule has 0 spiro atoms. The minimum Gasteiger partial charge on any atom is -0.481 e. The number of nitrogens with one attached hydrogen (secondary N) is 1. The molecule has 2 aliphatic rings. The third-order valence-electron chi connectivity index (χ3n) is 4.41. The molecule has 0 aromatic heterocycles. The molecule has 2 aliphatic carbocycles. The number of hydrogen-bond donors (Lipinski definition) is 2. The molecule has 3 rings (SSSR count). The summed E-state index contributed by atoms with van der Waals surface area (Å²) in [6, 6.07) is 5.84. The van der Waals surface area contributed by atoms with Crippen molar-refractivity contribution in [1.29, 1.82) is 0 Å². The average Bonchev–Trinajstić information content (AvgIpc) is 3.09. The molecule has 7 heteroatoms. The summed E-state index contributed by atoms with van der Waals surface area (Å²) in [4.78, 5) is 23.9. The first-order chi connectivity index (χ1) is 11.0. The van der Waals surface area contributed by atoms with Crippen LogP contribution in [0.15, 0.2) is 36.4 Å². The molecule has 23 heavy (non-hydrogen) atoms. The third kappa shape index (κ3) is 2.91. The summed E-state index contributed by atoms with van der Waals surface area (Å²) in [7, 11) is 0. The fraction of sp³-hybridized carbons (Fsp3) is 0.375. The zero-order valence-electron chi connectivity index (χ0n) is 12.0. The number of alkyl halides is 2. The molecule has 0 heterocycles. The van der Waals surface area contributed by atoms with Gasteiger partial charge < -0.3 is 15.2 Å². The summed E-state index contributed by atoms with van der Waals surface area (Å²) < 4.78 is 29.2. The highest BCUT2D eigenvalue weighted by molar-refractivity contribution is 5.97. The molecule has 0 unspecified atom stereocenters. The van der Waals surface area contributed by atoms with E-state index < -0.39 is 30.3 Å². The maximum Gasteiger partial charge on any atom is 0.387 e. The van der Waals surface area contributed by atoms with Gasteiger partial charge in [0, 0.05) is 0 Å². The number of aliphatic carboxylic acids is 1. The van der Waals surface area contributed by atoms with Crippen LogP contribution >= 0.6 is 0 Å². The number of amides is 1. The van der Waals surface area contributed by atoms with Crippen LogP contribution in [0, 0.1) is 23.7 Å². The van der Waals surface area contributed by atoms with E-state index >= 15 is 0 Å². The lowest BCUT2D eigenvalue weighted by molar-refractivity contribution is -0.146. The molecule has 1 amide bonds. The quantitative estimate of drug-likeness (QED) is 0.817. The van der Waals surface area contributed by atoms with Gasteiger partial charge in [-0.25, -0.2) is 0 Å². The van der Waals surface area contributed by atoms with Crippen LogP contribution in [0.25, 0.3) is 0 Å². The predicted molar refractivity (Wildman–Crippen MR) is 77.1 cm³/mol. The Hall–Kier alpha value is -2.44. The van der Waals surface area contributed by atoms with Crippen molar-refractivity contribution in [1.82, 2.24) is 0 Å². The SMILES string of the molecule is O=C(O)[C@H]1[C@H](C(=O)Nc2ccccc2OC(F)F)[C@H]2C=C[C@H]1C2. The highest BCUT2D eigenvalue weighted by Gasteiger charge is 2.51. The van der Waals surface area contributed by atoms with Crippen molar-refractivity contribution in [3.63, 3.8) is 0 Å². The molecular weight excluding hydrogens is 308 g/mol. The van der Waals surface area contributed by atoms with Gasteiger partial charge in [0.1, 0.15) is 5.75 Å². The molecule has 0 aliphatic heterocycles. The number of hydrogen-bond acceptors (Lipinski definition) is 3. The first-order valence-electron chi connectivity index (χ1n) is 7.23. The highest BCUT2D eigenvalue weighted by atomic mass is 19.3. The number of carbonyl (C=O) groups is 2. The number of carboxylic acids is 1. The number of halogens is 2. The molecule has 1 fully saturated rings. The number of carboxylic acid groups (broad SMARTS) is 1. The minimum atomic E-state index is -3.01. The maximum absolute atomic E-state index is 12.5. The van der Waals surface area contributed by atoms with E-state index in [-0.39, 0.29) is 23.3 Å². The van der Waals surface area contributed by atoms with Crippen molar-refractivity contribution in [2.24, 2.45) is 23.7 Å². The molecule has 4 atom stereocenters. The van der Waals surface area contributed by atoms with Crippen LogP contribution in [0.2, 0.25) is 0 Å². The standard InChI is InChI=1S/C16H15F2NO4/c17-16(18)23-11-4-2-1-3-10(11)19-14(20)12-8-5-6-9(7-8)13(12)15(21)22/h1-6,8-9,12-13,16H,7H2,(H,19,20)(H,21,22)/t8-,9-,12+,13+/m0/s1. The van der Waals surface area contributed by atoms with Gasteiger partial charge in [0.25, 0.3) is 0 Å². The molecule has 2 N–H and O–H groups in total. The average molecular weight is 323 g/mol. The summed E-state index contributed by atoms with van der Waals surface area (Å²) in [6.07, 6.45) is 4.32. The molecular formula is C16H15F2NO4. The lowest BCUT2D eigenvalue weighted by Gasteiger charge is -2.24. The molecule has 1 saturated carbocycles. The van der Waals surface area contributed by atoms with Crippen molar-refractivity contribution in [2.75, 3.05) is 5.32 Å². The van der Waals surface area contributed by atoms with Crippen LogP contribution in [-0.4, -0.2) is 23.6 Å². The second kappa shape index (κ2) is 5.98. The van der Waals surface area contributed by atoms with Gasteiger partial charge in [-0.1, -0.05) is 24.3 Å². The summed E-state index contributed by atoms with van der Waals surface area (Å²) in [5.41, 5.74) is 0.105. The number of fused-ring (bicyclic) bond motifs is 2. The Morgan fingerprint density at radius 1 is 1.17 bits per heavy atom. The first kappa shape index (κ1) is 15.5. The van der Waals surface area contributed by atoms with Gasteiger partial charge in [0.2, 0.25) is 5.91 Å². The lowest BCUT2D eigenvalue weighted by Crippen LogP contribution is -2.36. The molecule has 0 radical (unpaired) electrons. The molecule has 0 saturated heterocycles. The molecule has 2 bridgehead atoms. The van der Waals surface area contributed by atoms with Gasteiger partial charge in [-0.15, -0.1) is 0 Å². The van der Waals surface area contributed by atoms with E-state index in [0.29, 0.717) is 6.42 Å². The third-order valence-corrected chi connectivity index (χ3v) is 4.41. The predicted octanol–water partition coefficient (Wildman–Crippen LogP) is 2.75. The smallest absolute Gasteiger partial charge is 0.387 e. The van der Waals surface area contributed by atoms with Crippen LogP contribution in [0.5, 0.6) is 5.75 Å². The van der Waals surface area contributed by atoms with Crippen LogP contribution in [0.1, 0.15) is 6.42 Å². The van der Waals surface area contributed by atoms with Gasteiger partial charge in [-0.3, -0.25) is 9.59 Å². The van der Waals surface area contributed by atoms with Crippen molar-refractivity contribution in [3.05, 3.63) is 36.4 Å². The number of benzene rings is 1. The van der Waals surface area contributed by atoms with E-state index in [1.807, 2.05) is 12.2 Å². The Bertz CT molecular complexity index is 661. The second-order valence-corrected chi connectivity index (χ2v) is 5.70. The van der Waals surface area contributed by atoms with E-state index in [9.17, 15) is 23.5 Å². The normalized spacial score (nSPS) is 28.1. The van der Waals surface area contributed by atoms with E-state index in [1.165, 1.54) is 18.2 Å². The Morgan fingerprint density at radius 2 is 1.83 bits per heavy atom. The summed E-state index contributed by atoms with van der Waals surface area (Å²) in [5.74, 6) is -3.43. The molecule has 5 nitrogen and oxygen atoms in total. The number of anilines is 1. The van der Waals surface area contributed by atoms with E-state index in [0.717, 1.165) is 0 Å². The first-order valence-corrected chi connectivity index (χ1v) is 7.23. The lowest BCUT2D eigenvalue weighted by atomic mass is 9.82. The van der Waals surface area contributed by atoms with Crippen LogP contribution < -0.4 is 10.1 Å². The number of carbonyl (C=O) groups excluding carboxylic acids is 1. The zero-order chi connectivity index (χ0) is 16.6. The fourth-order valence-corrected chi connectivity index (χ4v) is 3.50. The number of ether oxygens (including phenoxy) is 1. The van der Waals surface area contributed by atoms with Crippen LogP contribution in [-0.2, 0) is 9.59 Å². The van der Waals surface area contributed by atoms with E-state index in [2.05, 4.69) is 10.1 Å². The van der Waals surface area contributed by atoms with E-state index in [4.69, 9.17) is 0 Å². The number of allylic oxidation sites excluding steroid dienone is 2. The van der Waals surface area contributed by atoms with Crippen molar-refractivity contribution >= 4 is 17.6 Å². The second-order valence-electron chi connectivity index (χ2n) is 5.70. The van der Waals surface area contributed by atoms with Crippen molar-refractivity contribution in [2.45, 2.75) is 13.0 Å². The Kier molecular flexibility index (Phi) is 4.02. The summed E-state index contributed by atoms with van der Waals surface area (Å²) in [5, 5.41) is 11.9. The molecule has 1 aromatic carbocycles. The maximum atomic E-state index is 12.5. The monoisotopic (exact) mass is 323 g/mol. The minimum absolute atomic E-state index is 0.105. The van der Waals surface area contributed by atoms with Crippen molar-refractivity contribution in [3.8, 4) is 5.75 Å². The van der Waals surface area contributed by atoms with Gasteiger partial charge in [0.05, 0.1) is 17.5 Å². The van der Waals surface area contributed by atoms with Gasteiger partial charge in [-0.2, -0.15) is 8.78 Å². The topological polar surface area (TPSA) is 75.6 Å². The van der Waals surface area contributed by atoms with E-state index in [1.54, 1.807) is 6.07 Å². The van der Waals surface area contributed by atoms with Crippen LogP contribution in [0.3, 0.4) is 0 Å². The van der Waals surface area contributed by atoms with Crippen LogP contribution in [0.4, 0.5) is 14.5 Å². The summed E-state index contributed by atoms with van der Waals surface area (Å²) in [6.45, 7) is -3.01. The molecule has 122 valence electrons. The highest BCUT2D eigenvalue weighted by Crippen LogP contribution is 2.48. The number of para-hydroxylation sites is 2. The Morgan fingerprint density at radius 3 is 2.48 bits per heavy atom. The van der Waals surface area contributed by atoms with Gasteiger partial charge in [0.15, 0.2) is 0 Å². The van der Waals surface area contributed by atoms with Gasteiger partial charge in [-0.05, 0) is 30.4 Å².